The molecule has 4 saturated heterocycles. The molecule has 0 saturated carbocycles. The van der Waals surface area contributed by atoms with E-state index >= 15 is 0 Å². The third-order valence-corrected chi connectivity index (χ3v) is 5.95. The normalized spacial score (nSPS) is 36.0. The summed E-state index contributed by atoms with van der Waals surface area (Å²) in [5, 5.41) is 9.30. The summed E-state index contributed by atoms with van der Waals surface area (Å²) < 4.78 is 5.38. The van der Waals surface area contributed by atoms with Gasteiger partial charge in [-0.3, -0.25) is 14.6 Å². The molecular weight excluding hydrogens is 292 g/mol. The number of likely N-dealkylation sites (tertiary alicyclic amines) is 1. The lowest BCUT2D eigenvalue weighted by molar-refractivity contribution is -0.139. The van der Waals surface area contributed by atoms with Crippen molar-refractivity contribution in [2.75, 3.05) is 33.3 Å². The molecule has 3 atom stereocenters. The van der Waals surface area contributed by atoms with Crippen molar-refractivity contribution in [1.82, 2.24) is 9.80 Å². The number of methoxy groups -OCH3 is 1. The van der Waals surface area contributed by atoms with Crippen LogP contribution >= 0.6 is 0 Å². The highest BCUT2D eigenvalue weighted by molar-refractivity contribution is 5.69. The average Bonchev–Trinajstić information content (AvgIpc) is 2.97. The van der Waals surface area contributed by atoms with Crippen LogP contribution in [0, 0.1) is 5.92 Å². The van der Waals surface area contributed by atoms with E-state index in [0.29, 0.717) is 23.9 Å². The summed E-state index contributed by atoms with van der Waals surface area (Å²) in [6, 6.07) is 9.14. The number of fused-ring (bicyclic) bond motifs is 2. The number of carboxylic acids is 1. The van der Waals surface area contributed by atoms with Gasteiger partial charge in [0.15, 0.2) is 0 Å². The van der Waals surface area contributed by atoms with Crippen LogP contribution in [-0.2, 0) is 4.79 Å². The first kappa shape index (κ1) is 15.0. The first-order valence-corrected chi connectivity index (χ1v) is 8.51. The Morgan fingerprint density at radius 2 is 2.09 bits per heavy atom. The van der Waals surface area contributed by atoms with Crippen LogP contribution < -0.4 is 4.74 Å². The number of rotatable bonds is 4. The molecule has 0 unspecified atom stereocenters. The number of hydrogen-bond donors (Lipinski definition) is 1. The van der Waals surface area contributed by atoms with E-state index in [1.165, 1.54) is 18.4 Å². The molecule has 0 spiro atoms. The summed E-state index contributed by atoms with van der Waals surface area (Å²) in [5.41, 5.74) is 1.28. The van der Waals surface area contributed by atoms with Crippen LogP contribution in [0.15, 0.2) is 24.3 Å². The van der Waals surface area contributed by atoms with E-state index < -0.39 is 5.97 Å². The number of benzene rings is 1. The van der Waals surface area contributed by atoms with Crippen molar-refractivity contribution in [3.05, 3.63) is 29.8 Å². The van der Waals surface area contributed by atoms with Crippen molar-refractivity contribution in [2.45, 2.75) is 30.8 Å². The Morgan fingerprint density at radius 1 is 1.30 bits per heavy atom. The fourth-order valence-electron chi connectivity index (χ4n) is 5.06. The summed E-state index contributed by atoms with van der Waals surface area (Å²) in [6.45, 7) is 3.31. The highest BCUT2D eigenvalue weighted by atomic mass is 16.5. The summed E-state index contributed by atoms with van der Waals surface area (Å²) in [7, 11) is 1.69. The molecule has 1 N–H and O–H groups in total. The average molecular weight is 316 g/mol. The predicted octanol–water partition coefficient (Wildman–Crippen LogP) is 1.64. The third-order valence-electron chi connectivity index (χ3n) is 5.95. The van der Waals surface area contributed by atoms with E-state index in [9.17, 15) is 9.90 Å². The molecule has 1 aromatic carbocycles. The SMILES string of the molecule is COc1cccc([C@H]2CN(CC(=O)O)[C@@H]3C4CCN(CC4)[C@H]23)c1. The summed E-state index contributed by atoms with van der Waals surface area (Å²) in [4.78, 5) is 16.1. The number of carbonyl (C=O) groups is 1. The van der Waals surface area contributed by atoms with E-state index in [-0.39, 0.29) is 6.54 Å². The molecule has 1 aromatic rings. The number of aliphatic carboxylic acids is 1. The highest BCUT2D eigenvalue weighted by Gasteiger charge is 2.53. The van der Waals surface area contributed by atoms with Crippen molar-refractivity contribution < 1.29 is 14.6 Å². The van der Waals surface area contributed by atoms with Gasteiger partial charge in [-0.2, -0.15) is 0 Å². The van der Waals surface area contributed by atoms with Gasteiger partial charge in [-0.15, -0.1) is 0 Å². The topological polar surface area (TPSA) is 53.0 Å². The van der Waals surface area contributed by atoms with Crippen molar-refractivity contribution in [3.8, 4) is 5.75 Å². The summed E-state index contributed by atoms with van der Waals surface area (Å²) >= 11 is 0. The fourth-order valence-corrected chi connectivity index (χ4v) is 5.06. The zero-order valence-electron chi connectivity index (χ0n) is 13.5. The van der Waals surface area contributed by atoms with E-state index in [1.807, 2.05) is 12.1 Å². The van der Waals surface area contributed by atoms with Gasteiger partial charge in [0.2, 0.25) is 0 Å². The van der Waals surface area contributed by atoms with Crippen molar-refractivity contribution in [2.24, 2.45) is 5.92 Å². The van der Waals surface area contributed by atoms with Crippen molar-refractivity contribution in [3.63, 3.8) is 0 Å². The Morgan fingerprint density at radius 3 is 2.78 bits per heavy atom. The van der Waals surface area contributed by atoms with Gasteiger partial charge in [0, 0.05) is 24.5 Å². The van der Waals surface area contributed by atoms with Gasteiger partial charge in [-0.1, -0.05) is 12.1 Å². The smallest absolute Gasteiger partial charge is 0.317 e. The number of ether oxygens (including phenoxy) is 1. The second-order valence-electron chi connectivity index (χ2n) is 7.06. The zero-order valence-corrected chi connectivity index (χ0v) is 13.5. The molecule has 4 heterocycles. The highest BCUT2D eigenvalue weighted by Crippen LogP contribution is 2.46. The molecule has 23 heavy (non-hydrogen) atoms. The maximum atomic E-state index is 11.3. The van der Waals surface area contributed by atoms with Crippen LogP contribution in [0.1, 0.15) is 24.3 Å². The van der Waals surface area contributed by atoms with Crippen molar-refractivity contribution in [1.29, 1.82) is 0 Å². The molecule has 4 fully saturated rings. The van der Waals surface area contributed by atoms with Crippen LogP contribution in [-0.4, -0.2) is 66.2 Å². The van der Waals surface area contributed by atoms with Crippen molar-refractivity contribution >= 4 is 5.97 Å². The van der Waals surface area contributed by atoms with Gasteiger partial charge < -0.3 is 9.84 Å². The summed E-state index contributed by atoms with van der Waals surface area (Å²) in [6.07, 6.45) is 2.42. The van der Waals surface area contributed by atoms with Crippen LogP contribution in [0.25, 0.3) is 0 Å². The molecular formula is C18H24N2O3. The molecule has 4 aliphatic heterocycles. The molecule has 0 radical (unpaired) electrons. The maximum Gasteiger partial charge on any atom is 0.317 e. The molecule has 124 valence electrons. The van der Waals surface area contributed by atoms with Crippen LogP contribution in [0.5, 0.6) is 5.75 Å². The molecule has 2 bridgehead atoms. The molecule has 5 nitrogen and oxygen atoms in total. The fraction of sp³-hybridized carbons (Fsp3) is 0.611. The quantitative estimate of drug-likeness (QED) is 0.915. The lowest BCUT2D eigenvalue weighted by Crippen LogP contribution is -2.60. The predicted molar refractivity (Wildman–Crippen MR) is 86.8 cm³/mol. The minimum absolute atomic E-state index is 0.159. The number of nitrogens with zero attached hydrogens (tertiary/aromatic N) is 2. The Kier molecular flexibility index (Phi) is 3.77. The second-order valence-corrected chi connectivity index (χ2v) is 7.06. The Balaban J connectivity index is 1.68. The minimum Gasteiger partial charge on any atom is -0.497 e. The Bertz CT molecular complexity index is 598. The second kappa shape index (κ2) is 5.80. The van der Waals surface area contributed by atoms with Crippen LogP contribution in [0.3, 0.4) is 0 Å². The molecule has 0 aromatic heterocycles. The van der Waals surface area contributed by atoms with Gasteiger partial charge in [-0.25, -0.2) is 0 Å². The number of carboxylic acid groups (broad SMARTS) is 1. The Hall–Kier alpha value is -1.59. The molecule has 4 aliphatic rings. The van der Waals surface area contributed by atoms with Gasteiger partial charge in [0.25, 0.3) is 0 Å². The van der Waals surface area contributed by atoms with E-state index in [1.54, 1.807) is 7.11 Å². The first-order chi connectivity index (χ1) is 11.2. The molecule has 0 amide bonds. The summed E-state index contributed by atoms with van der Waals surface area (Å²) in [5.74, 6) is 1.19. The van der Waals surface area contributed by atoms with Crippen LogP contribution in [0.4, 0.5) is 0 Å². The van der Waals surface area contributed by atoms with E-state index in [4.69, 9.17) is 4.74 Å². The number of hydrogen-bond acceptors (Lipinski definition) is 4. The molecule has 5 heteroatoms. The monoisotopic (exact) mass is 316 g/mol. The Labute approximate surface area is 136 Å². The zero-order chi connectivity index (χ0) is 16.0. The molecule has 5 rings (SSSR count). The lowest BCUT2D eigenvalue weighted by atomic mass is 9.75. The molecule has 0 aliphatic carbocycles. The van der Waals surface area contributed by atoms with Gasteiger partial charge in [0.05, 0.1) is 13.7 Å². The van der Waals surface area contributed by atoms with E-state index in [2.05, 4.69) is 21.9 Å². The van der Waals surface area contributed by atoms with Gasteiger partial charge in [0.1, 0.15) is 5.75 Å². The van der Waals surface area contributed by atoms with Gasteiger partial charge >= 0.3 is 5.97 Å². The standard InChI is InChI=1S/C18H24N2O3/c1-23-14-4-2-3-13(9-14)15-10-20(11-16(21)22)17-12-5-7-19(8-6-12)18(15)17/h2-4,9,12,15,17-18H,5-8,10-11H2,1H3,(H,21,22)/t15-,17-,18-/m1/s1. The third kappa shape index (κ3) is 2.52. The van der Waals surface area contributed by atoms with E-state index in [0.717, 1.165) is 25.4 Å². The maximum absolute atomic E-state index is 11.3. The lowest BCUT2D eigenvalue weighted by Gasteiger charge is -2.51. The number of piperidine rings is 3. The van der Waals surface area contributed by atoms with Gasteiger partial charge in [-0.05, 0) is 49.5 Å². The largest absolute Gasteiger partial charge is 0.497 e. The van der Waals surface area contributed by atoms with Crippen LogP contribution in [0.2, 0.25) is 0 Å². The first-order valence-electron chi connectivity index (χ1n) is 8.51. The minimum atomic E-state index is -0.716.